The van der Waals surface area contributed by atoms with Crippen LogP contribution in [0.3, 0.4) is 0 Å². The Morgan fingerprint density at radius 1 is 1.00 bits per heavy atom. The van der Waals surface area contributed by atoms with Crippen molar-refractivity contribution in [2.24, 2.45) is 0 Å². The van der Waals surface area contributed by atoms with Gasteiger partial charge in [-0.2, -0.15) is 0 Å². The van der Waals surface area contributed by atoms with Gasteiger partial charge in [0, 0.05) is 0 Å². The second-order valence-electron chi connectivity index (χ2n) is 4.82. The van der Waals surface area contributed by atoms with Gasteiger partial charge in [-0.3, -0.25) is 0 Å². The Morgan fingerprint density at radius 2 is 1.76 bits per heavy atom. The molecular weight excluding hydrogens is 331 g/mol. The molecule has 0 spiro atoms. The second kappa shape index (κ2) is 5.86. The third-order valence-electron chi connectivity index (χ3n) is 3.56. The highest BCUT2D eigenvalue weighted by atomic mass is 79.9. The second-order valence-corrected chi connectivity index (χ2v) is 5.74. The molecule has 1 unspecified atom stereocenters. The molecular formula is C18H14BrFO. The lowest BCUT2D eigenvalue weighted by Gasteiger charge is -2.14. The van der Waals surface area contributed by atoms with E-state index in [9.17, 15) is 4.39 Å². The van der Waals surface area contributed by atoms with Gasteiger partial charge in [-0.1, -0.05) is 64.5 Å². The molecule has 3 rings (SSSR count). The molecule has 3 heteroatoms. The van der Waals surface area contributed by atoms with E-state index in [1.807, 2.05) is 24.3 Å². The summed E-state index contributed by atoms with van der Waals surface area (Å²) in [5.41, 5.74) is 1.99. The van der Waals surface area contributed by atoms with Crippen molar-refractivity contribution in [3.05, 3.63) is 77.6 Å². The highest BCUT2D eigenvalue weighted by Gasteiger charge is 2.15. The molecule has 0 amide bonds. The maximum atomic E-state index is 13.9. The lowest BCUT2D eigenvalue weighted by molar-refractivity contribution is 0.386. The molecule has 0 N–H and O–H groups in total. The molecule has 0 aromatic heterocycles. The summed E-state index contributed by atoms with van der Waals surface area (Å²) in [6.07, 6.45) is 0. The number of halogens is 2. The molecule has 0 aliphatic rings. The van der Waals surface area contributed by atoms with Crippen molar-refractivity contribution in [3.63, 3.8) is 0 Å². The van der Waals surface area contributed by atoms with E-state index in [4.69, 9.17) is 4.74 Å². The number of benzene rings is 3. The molecule has 106 valence electrons. The molecule has 21 heavy (non-hydrogen) atoms. The molecule has 0 aliphatic heterocycles. The molecule has 1 nitrogen and oxygen atoms in total. The Morgan fingerprint density at radius 3 is 2.52 bits per heavy atom. The fraction of sp³-hybridized carbons (Fsp3) is 0.111. The van der Waals surface area contributed by atoms with Gasteiger partial charge in [-0.25, -0.2) is 4.39 Å². The summed E-state index contributed by atoms with van der Waals surface area (Å²) in [6, 6.07) is 19.4. The van der Waals surface area contributed by atoms with E-state index < -0.39 is 0 Å². The third kappa shape index (κ3) is 2.66. The predicted octanol–water partition coefficient (Wildman–Crippen LogP) is 5.47. The van der Waals surface area contributed by atoms with Crippen LogP contribution in [-0.4, -0.2) is 7.11 Å². The topological polar surface area (TPSA) is 9.23 Å². The summed E-state index contributed by atoms with van der Waals surface area (Å²) < 4.78 is 18.9. The van der Waals surface area contributed by atoms with Crippen molar-refractivity contribution >= 4 is 26.7 Å². The van der Waals surface area contributed by atoms with Gasteiger partial charge in [-0.15, -0.1) is 0 Å². The van der Waals surface area contributed by atoms with Gasteiger partial charge in [0.15, 0.2) is 11.6 Å². The predicted molar refractivity (Wildman–Crippen MR) is 87.7 cm³/mol. The van der Waals surface area contributed by atoms with Crippen LogP contribution in [0.25, 0.3) is 10.8 Å². The monoisotopic (exact) mass is 344 g/mol. The van der Waals surface area contributed by atoms with Crippen molar-refractivity contribution in [1.29, 1.82) is 0 Å². The van der Waals surface area contributed by atoms with E-state index in [-0.39, 0.29) is 16.4 Å². The lowest BCUT2D eigenvalue weighted by atomic mass is 9.98. The minimum atomic E-state index is -0.348. The molecule has 0 aliphatic carbocycles. The van der Waals surface area contributed by atoms with Gasteiger partial charge < -0.3 is 4.74 Å². The maximum Gasteiger partial charge on any atom is 0.165 e. The lowest BCUT2D eigenvalue weighted by Crippen LogP contribution is -1.96. The minimum Gasteiger partial charge on any atom is -0.494 e. The van der Waals surface area contributed by atoms with Crippen LogP contribution in [-0.2, 0) is 0 Å². The van der Waals surface area contributed by atoms with E-state index in [0.717, 1.165) is 16.5 Å². The summed E-state index contributed by atoms with van der Waals surface area (Å²) in [5, 5.41) is 2.34. The Kier molecular flexibility index (Phi) is 3.93. The minimum absolute atomic E-state index is 0.0657. The number of ether oxygens (including phenoxy) is 1. The number of rotatable bonds is 3. The van der Waals surface area contributed by atoms with E-state index in [1.54, 1.807) is 6.07 Å². The van der Waals surface area contributed by atoms with Gasteiger partial charge in [0.25, 0.3) is 0 Å². The molecule has 0 bridgehead atoms. The van der Waals surface area contributed by atoms with Crippen molar-refractivity contribution in [3.8, 4) is 5.75 Å². The number of hydrogen-bond acceptors (Lipinski definition) is 1. The van der Waals surface area contributed by atoms with Gasteiger partial charge in [0.1, 0.15) is 0 Å². The summed E-state index contributed by atoms with van der Waals surface area (Å²) in [5.74, 6) is -0.0870. The number of methoxy groups -OCH3 is 1. The highest BCUT2D eigenvalue weighted by molar-refractivity contribution is 9.09. The number of fused-ring (bicyclic) bond motifs is 1. The quantitative estimate of drug-likeness (QED) is 0.572. The summed E-state index contributed by atoms with van der Waals surface area (Å²) in [7, 11) is 1.47. The first kappa shape index (κ1) is 14.1. The molecule has 0 fully saturated rings. The van der Waals surface area contributed by atoms with Gasteiger partial charge >= 0.3 is 0 Å². The average molecular weight is 345 g/mol. The molecule has 3 aromatic rings. The van der Waals surface area contributed by atoms with Crippen molar-refractivity contribution < 1.29 is 9.13 Å². The fourth-order valence-electron chi connectivity index (χ4n) is 2.49. The Bertz CT molecular complexity index is 780. The Labute approximate surface area is 131 Å². The summed E-state index contributed by atoms with van der Waals surface area (Å²) in [6.45, 7) is 0. The zero-order valence-corrected chi connectivity index (χ0v) is 13.1. The molecule has 3 aromatic carbocycles. The van der Waals surface area contributed by atoms with E-state index in [0.29, 0.717) is 0 Å². The largest absolute Gasteiger partial charge is 0.494 e. The Hall–Kier alpha value is -1.87. The van der Waals surface area contributed by atoms with Crippen LogP contribution in [0.15, 0.2) is 60.7 Å². The van der Waals surface area contributed by atoms with Crippen molar-refractivity contribution in [2.75, 3.05) is 7.11 Å². The zero-order valence-electron chi connectivity index (χ0n) is 11.5. The first-order valence-corrected chi connectivity index (χ1v) is 7.57. The maximum absolute atomic E-state index is 13.9. The molecule has 0 saturated carbocycles. The normalized spacial score (nSPS) is 12.3. The van der Waals surface area contributed by atoms with Crippen LogP contribution in [0, 0.1) is 5.82 Å². The van der Waals surface area contributed by atoms with Crippen molar-refractivity contribution in [1.82, 2.24) is 0 Å². The number of alkyl halides is 1. The SMILES string of the molecule is COc1ccc(C(Br)c2cccc3ccccc23)cc1F. The summed E-state index contributed by atoms with van der Waals surface area (Å²) in [4.78, 5) is -0.0657. The average Bonchev–Trinajstić information content (AvgIpc) is 2.53. The van der Waals surface area contributed by atoms with Crippen molar-refractivity contribution in [2.45, 2.75) is 4.83 Å². The molecule has 0 radical (unpaired) electrons. The molecule has 0 saturated heterocycles. The standard InChI is InChI=1S/C18H14BrFO/c1-21-17-10-9-13(11-16(17)20)18(19)15-8-4-6-12-5-2-3-7-14(12)15/h2-11,18H,1H3. The van der Waals surface area contributed by atoms with Gasteiger partial charge in [0.2, 0.25) is 0 Å². The van der Waals surface area contributed by atoms with Crippen LogP contribution in [0.1, 0.15) is 16.0 Å². The van der Waals surface area contributed by atoms with E-state index in [1.165, 1.54) is 18.6 Å². The van der Waals surface area contributed by atoms with E-state index >= 15 is 0 Å². The smallest absolute Gasteiger partial charge is 0.165 e. The summed E-state index contributed by atoms with van der Waals surface area (Å²) >= 11 is 3.69. The van der Waals surface area contributed by atoms with Crippen LogP contribution in [0.5, 0.6) is 5.75 Å². The molecule has 1 atom stereocenters. The van der Waals surface area contributed by atoms with E-state index in [2.05, 4.69) is 40.2 Å². The van der Waals surface area contributed by atoms with Crippen LogP contribution in [0.2, 0.25) is 0 Å². The Balaban J connectivity index is 2.08. The first-order chi connectivity index (χ1) is 10.2. The van der Waals surface area contributed by atoms with Crippen LogP contribution in [0.4, 0.5) is 4.39 Å². The number of hydrogen-bond donors (Lipinski definition) is 0. The zero-order chi connectivity index (χ0) is 14.8. The van der Waals surface area contributed by atoms with Gasteiger partial charge in [0.05, 0.1) is 11.9 Å². The fourth-order valence-corrected chi connectivity index (χ4v) is 3.18. The highest BCUT2D eigenvalue weighted by Crippen LogP contribution is 2.36. The molecule has 0 heterocycles. The van der Waals surface area contributed by atoms with Gasteiger partial charge in [-0.05, 0) is 34.0 Å². The first-order valence-electron chi connectivity index (χ1n) is 6.66. The third-order valence-corrected chi connectivity index (χ3v) is 4.59. The van der Waals surface area contributed by atoms with Crippen LogP contribution < -0.4 is 4.74 Å². The van der Waals surface area contributed by atoms with Crippen LogP contribution >= 0.6 is 15.9 Å².